The highest BCUT2D eigenvalue weighted by Gasteiger charge is 2.17. The number of carbonyl (C=O) groups excluding carboxylic acids is 2. The van der Waals surface area contributed by atoms with Gasteiger partial charge in [-0.2, -0.15) is 10.4 Å². The number of sulfonamides is 1. The van der Waals surface area contributed by atoms with E-state index in [0.717, 1.165) is 5.41 Å². The molecule has 0 aliphatic heterocycles. The maximum absolute atomic E-state index is 12.2. The van der Waals surface area contributed by atoms with Crippen molar-refractivity contribution in [3.8, 4) is 11.8 Å². The number of hydrogen-bond acceptors (Lipinski definition) is 7. The summed E-state index contributed by atoms with van der Waals surface area (Å²) < 4.78 is 32.2. The molecule has 0 spiro atoms. The van der Waals surface area contributed by atoms with Crippen molar-refractivity contribution < 1.29 is 22.7 Å². The van der Waals surface area contributed by atoms with Gasteiger partial charge in [-0.15, -0.1) is 0 Å². The zero-order chi connectivity index (χ0) is 23.7. The number of para-hydroxylation sites is 1. The topological polar surface area (TPSA) is 143 Å². The number of rotatable bonds is 9. The highest BCUT2D eigenvalue weighted by Crippen LogP contribution is 2.19. The molecular formula is C22H19N5O5S. The summed E-state index contributed by atoms with van der Waals surface area (Å²) in [6, 6.07) is 19.5. The third-order valence-electron chi connectivity index (χ3n) is 4.17. The normalized spacial score (nSPS) is 11.1. The molecule has 3 aromatic rings. The molecule has 0 unspecified atom stereocenters. The van der Waals surface area contributed by atoms with Crippen LogP contribution < -0.4 is 10.0 Å². The third-order valence-corrected chi connectivity index (χ3v) is 5.21. The van der Waals surface area contributed by atoms with Gasteiger partial charge in [0.1, 0.15) is 18.2 Å². The number of carbonyl (C=O) groups is 2. The first-order chi connectivity index (χ1) is 15.9. The number of amides is 1. The molecule has 2 N–H and O–H groups in total. The second kappa shape index (κ2) is 10.9. The van der Waals surface area contributed by atoms with E-state index >= 15 is 0 Å². The number of esters is 1. The molecule has 11 heteroatoms. The lowest BCUT2D eigenvalue weighted by molar-refractivity contribution is -0.146. The van der Waals surface area contributed by atoms with Crippen LogP contribution in [0.1, 0.15) is 11.1 Å². The van der Waals surface area contributed by atoms with Gasteiger partial charge in [-0.25, -0.2) is 17.8 Å². The van der Waals surface area contributed by atoms with Gasteiger partial charge in [-0.1, -0.05) is 48.5 Å². The van der Waals surface area contributed by atoms with Gasteiger partial charge in [-0.3, -0.25) is 9.59 Å². The molecule has 1 heterocycles. The fourth-order valence-corrected chi connectivity index (χ4v) is 3.37. The van der Waals surface area contributed by atoms with E-state index in [4.69, 9.17) is 4.74 Å². The van der Waals surface area contributed by atoms with Crippen molar-refractivity contribution >= 4 is 33.8 Å². The van der Waals surface area contributed by atoms with Crippen LogP contribution in [0, 0.1) is 11.3 Å². The summed E-state index contributed by atoms with van der Waals surface area (Å²) in [6.07, 6.45) is 2.68. The highest BCUT2D eigenvalue weighted by molar-refractivity contribution is 7.92. The zero-order valence-corrected chi connectivity index (χ0v) is 18.0. The number of aromatic nitrogens is 2. The van der Waals surface area contributed by atoms with Crippen LogP contribution in [0.4, 0.5) is 5.82 Å². The minimum Gasteiger partial charge on any atom is -0.455 e. The average molecular weight is 465 g/mol. The number of benzene rings is 2. The Morgan fingerprint density at radius 2 is 1.76 bits per heavy atom. The van der Waals surface area contributed by atoms with E-state index in [-0.39, 0.29) is 11.4 Å². The van der Waals surface area contributed by atoms with Crippen LogP contribution in [-0.4, -0.2) is 43.2 Å². The van der Waals surface area contributed by atoms with Crippen molar-refractivity contribution in [1.82, 2.24) is 14.5 Å². The van der Waals surface area contributed by atoms with E-state index in [0.29, 0.717) is 11.3 Å². The Hall–Kier alpha value is -4.27. The number of ether oxygens (including phenoxy) is 1. The maximum Gasteiger partial charge on any atom is 0.321 e. The fourth-order valence-electron chi connectivity index (χ4n) is 2.62. The monoisotopic (exact) mass is 465 g/mol. The van der Waals surface area contributed by atoms with Gasteiger partial charge in [0.2, 0.25) is 10.0 Å². The van der Waals surface area contributed by atoms with Crippen molar-refractivity contribution in [2.45, 2.75) is 0 Å². The lowest BCUT2D eigenvalue weighted by Crippen LogP contribution is -2.31. The van der Waals surface area contributed by atoms with Gasteiger partial charge >= 0.3 is 5.97 Å². The van der Waals surface area contributed by atoms with Crippen molar-refractivity contribution in [3.63, 3.8) is 0 Å². The molecule has 10 nitrogen and oxygen atoms in total. The van der Waals surface area contributed by atoms with Gasteiger partial charge in [0, 0.05) is 5.41 Å². The van der Waals surface area contributed by atoms with Crippen LogP contribution in [0.5, 0.6) is 0 Å². The van der Waals surface area contributed by atoms with Crippen LogP contribution in [-0.2, 0) is 24.3 Å². The van der Waals surface area contributed by atoms with Crippen molar-refractivity contribution in [1.29, 1.82) is 5.26 Å². The highest BCUT2D eigenvalue weighted by atomic mass is 32.2. The number of nitrogens with zero attached hydrogens (tertiary/aromatic N) is 3. The quantitative estimate of drug-likeness (QED) is 0.459. The standard InChI is InChI=1S/C22H19N5O5S/c23-13-18-14-24-27(19-9-5-2-6-10-19)22(18)26-20(28)16-32-21(29)15-25-33(30,31)12-11-17-7-3-1-4-8-17/h1-12,14,25H,15-16H2,(H,26,28)/b12-11+. The first-order valence-corrected chi connectivity index (χ1v) is 11.1. The van der Waals surface area contributed by atoms with E-state index in [1.54, 1.807) is 54.6 Å². The molecule has 33 heavy (non-hydrogen) atoms. The lowest BCUT2D eigenvalue weighted by atomic mass is 10.2. The van der Waals surface area contributed by atoms with E-state index in [1.165, 1.54) is 17.0 Å². The first-order valence-electron chi connectivity index (χ1n) is 9.60. The molecule has 0 fully saturated rings. The van der Waals surface area contributed by atoms with E-state index < -0.39 is 35.1 Å². The summed E-state index contributed by atoms with van der Waals surface area (Å²) >= 11 is 0. The number of anilines is 1. The van der Waals surface area contributed by atoms with E-state index in [2.05, 4.69) is 15.1 Å². The second-order valence-electron chi connectivity index (χ2n) is 6.55. The molecule has 0 saturated carbocycles. The summed E-state index contributed by atoms with van der Waals surface area (Å²) in [5, 5.41) is 16.8. The minimum absolute atomic E-state index is 0.122. The van der Waals surface area contributed by atoms with Crippen molar-refractivity contribution in [2.75, 3.05) is 18.5 Å². The number of nitrogens with one attached hydrogen (secondary N) is 2. The number of hydrogen-bond donors (Lipinski definition) is 2. The molecule has 0 bridgehead atoms. The predicted molar refractivity (Wildman–Crippen MR) is 120 cm³/mol. The van der Waals surface area contributed by atoms with Crippen LogP contribution >= 0.6 is 0 Å². The Morgan fingerprint density at radius 3 is 2.42 bits per heavy atom. The van der Waals surface area contributed by atoms with Crippen LogP contribution in [0.3, 0.4) is 0 Å². The van der Waals surface area contributed by atoms with Crippen LogP contribution in [0.25, 0.3) is 11.8 Å². The molecule has 0 saturated heterocycles. The second-order valence-corrected chi connectivity index (χ2v) is 8.21. The third kappa shape index (κ3) is 6.86. The zero-order valence-electron chi connectivity index (χ0n) is 17.2. The molecule has 0 aliphatic rings. The Balaban J connectivity index is 1.52. The van der Waals surface area contributed by atoms with Crippen LogP contribution in [0.2, 0.25) is 0 Å². The van der Waals surface area contributed by atoms with Gasteiger partial charge < -0.3 is 10.1 Å². The van der Waals surface area contributed by atoms with Crippen molar-refractivity contribution in [3.05, 3.63) is 83.4 Å². The average Bonchev–Trinajstić information content (AvgIpc) is 3.24. The summed E-state index contributed by atoms with van der Waals surface area (Å²) in [4.78, 5) is 24.1. The molecule has 0 radical (unpaired) electrons. The minimum atomic E-state index is -3.88. The van der Waals surface area contributed by atoms with Crippen molar-refractivity contribution in [2.24, 2.45) is 0 Å². The molecule has 1 amide bonds. The molecule has 0 aliphatic carbocycles. The van der Waals surface area contributed by atoms with Gasteiger partial charge in [-0.05, 0) is 23.8 Å². The Labute approximate surface area is 190 Å². The summed E-state index contributed by atoms with van der Waals surface area (Å²) in [6.45, 7) is -1.33. The van der Waals surface area contributed by atoms with Gasteiger partial charge in [0.25, 0.3) is 5.91 Å². The lowest BCUT2D eigenvalue weighted by Gasteiger charge is -2.10. The van der Waals surface area contributed by atoms with E-state index in [9.17, 15) is 23.3 Å². The predicted octanol–water partition coefficient (Wildman–Crippen LogP) is 1.82. The first kappa shape index (κ1) is 23.4. The van der Waals surface area contributed by atoms with E-state index in [1.807, 2.05) is 12.1 Å². The molecule has 2 aromatic carbocycles. The molecular weight excluding hydrogens is 446 g/mol. The smallest absolute Gasteiger partial charge is 0.321 e. The molecule has 1 aromatic heterocycles. The summed E-state index contributed by atoms with van der Waals surface area (Å²) in [5.74, 6) is -1.54. The summed E-state index contributed by atoms with van der Waals surface area (Å²) in [7, 11) is -3.88. The Kier molecular flexibility index (Phi) is 7.69. The maximum atomic E-state index is 12.2. The largest absolute Gasteiger partial charge is 0.455 e. The van der Waals surface area contributed by atoms with Crippen LogP contribution in [0.15, 0.2) is 72.3 Å². The SMILES string of the molecule is N#Cc1cnn(-c2ccccc2)c1NC(=O)COC(=O)CNS(=O)(=O)/C=C/c1ccccc1. The fraction of sp³-hybridized carbons (Fsp3) is 0.0909. The Bertz CT molecular complexity index is 1300. The van der Waals surface area contributed by atoms with Gasteiger partial charge in [0.05, 0.1) is 11.9 Å². The van der Waals surface area contributed by atoms with Gasteiger partial charge in [0.15, 0.2) is 12.4 Å². The Morgan fingerprint density at radius 1 is 1.09 bits per heavy atom. The molecule has 3 rings (SSSR count). The number of nitriles is 1. The molecule has 168 valence electrons. The summed E-state index contributed by atoms with van der Waals surface area (Å²) in [5.41, 5.74) is 1.41. The molecule has 0 atom stereocenters.